The number of nitrogens with one attached hydrogen (secondary N) is 2. The van der Waals surface area contributed by atoms with Crippen molar-refractivity contribution in [1.82, 2.24) is 4.98 Å². The number of hydrazine groups is 1. The molecule has 1 aromatic heterocycles. The summed E-state index contributed by atoms with van der Waals surface area (Å²) in [5.41, 5.74) is 5.88. The molecule has 6 heteroatoms. The number of nitrogen functional groups attached to an aromatic ring is 1. The molecule has 0 aliphatic heterocycles. The number of hydrogen-bond donors (Lipinski definition) is 3. The quantitative estimate of drug-likeness (QED) is 0.597. The summed E-state index contributed by atoms with van der Waals surface area (Å²) in [6.45, 7) is 6.04. The van der Waals surface area contributed by atoms with Crippen molar-refractivity contribution in [1.29, 1.82) is 0 Å². The molecule has 20 heavy (non-hydrogen) atoms. The van der Waals surface area contributed by atoms with Gasteiger partial charge in [0.15, 0.2) is 5.13 Å². The van der Waals surface area contributed by atoms with Gasteiger partial charge in [-0.25, -0.2) is 4.98 Å². The van der Waals surface area contributed by atoms with Crippen LogP contribution in [-0.2, 0) is 0 Å². The summed E-state index contributed by atoms with van der Waals surface area (Å²) in [6.07, 6.45) is 0. The van der Waals surface area contributed by atoms with Gasteiger partial charge in [-0.15, -0.1) is 11.3 Å². The van der Waals surface area contributed by atoms with E-state index in [-0.39, 0.29) is 5.91 Å². The summed E-state index contributed by atoms with van der Waals surface area (Å²) in [5.74, 6) is 5.56. The van der Waals surface area contributed by atoms with Crippen LogP contribution in [0, 0.1) is 6.92 Å². The Morgan fingerprint density at radius 3 is 2.70 bits per heavy atom. The van der Waals surface area contributed by atoms with E-state index < -0.39 is 0 Å². The first kappa shape index (κ1) is 14.5. The lowest BCUT2D eigenvalue weighted by Crippen LogP contribution is -2.13. The zero-order chi connectivity index (χ0) is 14.7. The van der Waals surface area contributed by atoms with E-state index in [1.807, 2.05) is 12.3 Å². The van der Waals surface area contributed by atoms with Gasteiger partial charge in [-0.1, -0.05) is 13.8 Å². The fraction of sp³-hybridized carbons (Fsp3) is 0.286. The van der Waals surface area contributed by atoms with Crippen LogP contribution >= 0.6 is 11.3 Å². The number of amides is 1. The first-order valence-corrected chi connectivity index (χ1v) is 7.23. The topological polar surface area (TPSA) is 80.0 Å². The van der Waals surface area contributed by atoms with Crippen molar-refractivity contribution in [3.05, 3.63) is 40.4 Å². The second kappa shape index (κ2) is 6.02. The van der Waals surface area contributed by atoms with Gasteiger partial charge in [0.25, 0.3) is 5.91 Å². The van der Waals surface area contributed by atoms with Gasteiger partial charge >= 0.3 is 0 Å². The number of nitrogens with zero attached hydrogens (tertiary/aromatic N) is 1. The SMILES string of the molecule is Cc1cc(C(=O)Nc2nc(C(C)C)cs2)ccc1NN. The normalized spacial score (nSPS) is 10.7. The second-order valence-corrected chi connectivity index (χ2v) is 5.72. The maximum atomic E-state index is 12.1. The number of carbonyl (C=O) groups excluding carboxylic acids is 1. The number of rotatable bonds is 4. The van der Waals surface area contributed by atoms with E-state index in [0.29, 0.717) is 16.6 Å². The molecule has 1 heterocycles. The molecule has 1 amide bonds. The highest BCUT2D eigenvalue weighted by molar-refractivity contribution is 7.14. The molecule has 0 saturated carbocycles. The third-order valence-electron chi connectivity index (χ3n) is 2.98. The van der Waals surface area contributed by atoms with Crippen LogP contribution in [0.1, 0.15) is 41.4 Å². The maximum absolute atomic E-state index is 12.1. The van der Waals surface area contributed by atoms with E-state index in [2.05, 4.69) is 29.6 Å². The third kappa shape index (κ3) is 3.15. The monoisotopic (exact) mass is 290 g/mol. The van der Waals surface area contributed by atoms with Crippen molar-refractivity contribution in [3.63, 3.8) is 0 Å². The van der Waals surface area contributed by atoms with Crippen LogP contribution < -0.4 is 16.6 Å². The van der Waals surface area contributed by atoms with Crippen LogP contribution in [0.3, 0.4) is 0 Å². The molecule has 2 aromatic rings. The molecule has 1 aromatic carbocycles. The Morgan fingerprint density at radius 2 is 2.15 bits per heavy atom. The van der Waals surface area contributed by atoms with Gasteiger partial charge in [0.2, 0.25) is 0 Å². The predicted octanol–water partition coefficient (Wildman–Crippen LogP) is 3.11. The lowest BCUT2D eigenvalue weighted by atomic mass is 10.1. The molecule has 0 spiro atoms. The summed E-state index contributed by atoms with van der Waals surface area (Å²) < 4.78 is 0. The van der Waals surface area contributed by atoms with Crippen LogP contribution in [0.5, 0.6) is 0 Å². The molecular formula is C14H18N4OS. The van der Waals surface area contributed by atoms with Crippen molar-refractivity contribution < 1.29 is 4.79 Å². The van der Waals surface area contributed by atoms with Gasteiger partial charge in [-0.2, -0.15) is 0 Å². The Balaban J connectivity index is 2.13. The fourth-order valence-corrected chi connectivity index (χ4v) is 2.61. The lowest BCUT2D eigenvalue weighted by Gasteiger charge is -2.07. The van der Waals surface area contributed by atoms with Crippen LogP contribution in [0.2, 0.25) is 0 Å². The van der Waals surface area contributed by atoms with Gasteiger partial charge in [-0.3, -0.25) is 16.0 Å². The van der Waals surface area contributed by atoms with E-state index in [1.165, 1.54) is 11.3 Å². The van der Waals surface area contributed by atoms with Crippen LogP contribution in [-0.4, -0.2) is 10.9 Å². The van der Waals surface area contributed by atoms with E-state index in [1.54, 1.807) is 18.2 Å². The van der Waals surface area contributed by atoms with Crippen molar-refractivity contribution in [2.45, 2.75) is 26.7 Å². The van der Waals surface area contributed by atoms with Crippen molar-refractivity contribution in [2.24, 2.45) is 5.84 Å². The van der Waals surface area contributed by atoms with Crippen molar-refractivity contribution in [2.75, 3.05) is 10.7 Å². The number of aromatic nitrogens is 1. The molecule has 0 bridgehead atoms. The summed E-state index contributed by atoms with van der Waals surface area (Å²) in [5, 5.41) is 5.40. The average molecular weight is 290 g/mol. The molecular weight excluding hydrogens is 272 g/mol. The van der Waals surface area contributed by atoms with Gasteiger partial charge < -0.3 is 5.43 Å². The fourth-order valence-electron chi connectivity index (χ4n) is 1.74. The Labute approximate surface area is 122 Å². The highest BCUT2D eigenvalue weighted by Gasteiger charge is 2.11. The van der Waals surface area contributed by atoms with E-state index >= 15 is 0 Å². The van der Waals surface area contributed by atoms with Crippen LogP contribution in [0.15, 0.2) is 23.6 Å². The first-order chi connectivity index (χ1) is 9.51. The second-order valence-electron chi connectivity index (χ2n) is 4.86. The lowest BCUT2D eigenvalue weighted by molar-refractivity contribution is 0.102. The number of carbonyl (C=O) groups is 1. The van der Waals surface area contributed by atoms with Gasteiger partial charge in [0.05, 0.1) is 11.4 Å². The largest absolute Gasteiger partial charge is 0.324 e. The van der Waals surface area contributed by atoms with Gasteiger partial charge in [0.1, 0.15) is 0 Å². The Hall–Kier alpha value is -1.92. The highest BCUT2D eigenvalue weighted by atomic mass is 32.1. The number of nitrogens with two attached hydrogens (primary N) is 1. The molecule has 5 nitrogen and oxygen atoms in total. The minimum atomic E-state index is -0.165. The Kier molecular flexibility index (Phi) is 4.36. The Morgan fingerprint density at radius 1 is 1.40 bits per heavy atom. The molecule has 4 N–H and O–H groups in total. The Bertz CT molecular complexity index is 621. The summed E-state index contributed by atoms with van der Waals surface area (Å²) in [6, 6.07) is 5.31. The maximum Gasteiger partial charge on any atom is 0.257 e. The summed E-state index contributed by atoms with van der Waals surface area (Å²) in [7, 11) is 0. The molecule has 106 valence electrons. The molecule has 2 rings (SSSR count). The highest BCUT2D eigenvalue weighted by Crippen LogP contribution is 2.22. The molecule has 0 saturated heterocycles. The molecule has 0 fully saturated rings. The van der Waals surface area contributed by atoms with E-state index in [4.69, 9.17) is 5.84 Å². The number of aryl methyl sites for hydroxylation is 1. The third-order valence-corrected chi connectivity index (χ3v) is 3.75. The summed E-state index contributed by atoms with van der Waals surface area (Å²) in [4.78, 5) is 16.5. The summed E-state index contributed by atoms with van der Waals surface area (Å²) >= 11 is 1.44. The van der Waals surface area contributed by atoms with Crippen molar-refractivity contribution >= 4 is 28.1 Å². The smallest absolute Gasteiger partial charge is 0.257 e. The van der Waals surface area contributed by atoms with Crippen LogP contribution in [0.4, 0.5) is 10.8 Å². The first-order valence-electron chi connectivity index (χ1n) is 6.35. The van der Waals surface area contributed by atoms with Gasteiger partial charge in [0, 0.05) is 10.9 Å². The number of hydrogen-bond acceptors (Lipinski definition) is 5. The molecule has 0 unspecified atom stereocenters. The van der Waals surface area contributed by atoms with Crippen LogP contribution in [0.25, 0.3) is 0 Å². The minimum absolute atomic E-state index is 0.165. The predicted molar refractivity (Wildman–Crippen MR) is 83.1 cm³/mol. The number of thiazole rings is 1. The number of anilines is 2. The van der Waals surface area contributed by atoms with Crippen molar-refractivity contribution in [3.8, 4) is 0 Å². The molecule has 0 atom stereocenters. The minimum Gasteiger partial charge on any atom is -0.324 e. The standard InChI is InChI=1S/C14H18N4OS/c1-8(2)12-7-20-14(16-12)17-13(19)10-4-5-11(18-15)9(3)6-10/h4-8,18H,15H2,1-3H3,(H,16,17,19). The van der Waals surface area contributed by atoms with Gasteiger partial charge in [-0.05, 0) is 36.6 Å². The zero-order valence-electron chi connectivity index (χ0n) is 11.7. The molecule has 0 aliphatic carbocycles. The average Bonchev–Trinajstić information content (AvgIpc) is 2.87. The zero-order valence-corrected chi connectivity index (χ0v) is 12.5. The van der Waals surface area contributed by atoms with E-state index in [0.717, 1.165) is 16.9 Å². The van der Waals surface area contributed by atoms with E-state index in [9.17, 15) is 4.79 Å². The molecule has 0 radical (unpaired) electrons. The molecule has 0 aliphatic rings. The number of benzene rings is 1.